The first kappa shape index (κ1) is 19.5. The summed E-state index contributed by atoms with van der Waals surface area (Å²) in [6.45, 7) is 14.5. The number of hydrogen-bond acceptors (Lipinski definition) is 2. The molecule has 0 aliphatic carbocycles. The highest BCUT2D eigenvalue weighted by Gasteiger charge is 2.30. The highest BCUT2D eigenvalue weighted by Crippen LogP contribution is 2.37. The Morgan fingerprint density at radius 1 is 1.07 bits per heavy atom. The van der Waals surface area contributed by atoms with Crippen molar-refractivity contribution in [2.75, 3.05) is 13.1 Å². The molecule has 148 valence electrons. The minimum atomic E-state index is -0.704. The summed E-state index contributed by atoms with van der Waals surface area (Å²) in [6.07, 6.45) is 11.2. The van der Waals surface area contributed by atoms with Gasteiger partial charge in [0.25, 0.3) is 0 Å². The molecular weight excluding hydrogens is 378 g/mol. The van der Waals surface area contributed by atoms with Gasteiger partial charge in [-0.25, -0.2) is 0 Å². The topological polar surface area (TPSA) is 21.1 Å². The molecule has 3 heterocycles. The van der Waals surface area contributed by atoms with Gasteiger partial charge in [-0.2, -0.15) is 0 Å². The summed E-state index contributed by atoms with van der Waals surface area (Å²) in [4.78, 5) is 5.72. The predicted octanol–water partition coefficient (Wildman–Crippen LogP) is 5.54. The first-order valence-electron chi connectivity index (χ1n) is 9.95. The second kappa shape index (κ2) is 7.92. The SMILES string of the molecule is C=Cc1ccc2c(c1)c1c(n2CC(Cl)(C=C)c2ccncc2)CCN(C=C)CC1. The molecule has 0 spiro atoms. The summed E-state index contributed by atoms with van der Waals surface area (Å²) in [7, 11) is 0. The van der Waals surface area contributed by atoms with E-state index in [9.17, 15) is 0 Å². The molecule has 29 heavy (non-hydrogen) atoms. The lowest BCUT2D eigenvalue weighted by atomic mass is 9.99. The largest absolute Gasteiger partial charge is 0.377 e. The van der Waals surface area contributed by atoms with Crippen LogP contribution >= 0.6 is 11.6 Å². The zero-order chi connectivity index (χ0) is 20.4. The van der Waals surface area contributed by atoms with Crippen molar-refractivity contribution in [3.05, 3.63) is 97.1 Å². The number of allylic oxidation sites excluding steroid dienone is 1. The Kier molecular flexibility index (Phi) is 5.33. The van der Waals surface area contributed by atoms with Crippen molar-refractivity contribution < 1.29 is 0 Å². The first-order chi connectivity index (χ1) is 14.1. The van der Waals surface area contributed by atoms with Crippen molar-refractivity contribution in [3.8, 4) is 0 Å². The molecule has 0 saturated carbocycles. The lowest BCUT2D eigenvalue weighted by Crippen LogP contribution is -2.25. The van der Waals surface area contributed by atoms with E-state index in [-0.39, 0.29) is 0 Å². The van der Waals surface area contributed by atoms with Gasteiger partial charge in [0.1, 0.15) is 4.87 Å². The fraction of sp³-hybridized carbons (Fsp3) is 0.240. The van der Waals surface area contributed by atoms with Crippen molar-refractivity contribution in [1.29, 1.82) is 0 Å². The van der Waals surface area contributed by atoms with Crippen molar-refractivity contribution in [2.45, 2.75) is 24.3 Å². The van der Waals surface area contributed by atoms with Gasteiger partial charge in [-0.3, -0.25) is 4.98 Å². The monoisotopic (exact) mass is 403 g/mol. The molecule has 0 N–H and O–H groups in total. The predicted molar refractivity (Wildman–Crippen MR) is 123 cm³/mol. The molecule has 4 rings (SSSR count). The van der Waals surface area contributed by atoms with Crippen LogP contribution in [0.5, 0.6) is 0 Å². The van der Waals surface area contributed by atoms with Gasteiger partial charge in [0, 0.05) is 55.0 Å². The molecule has 1 atom stereocenters. The molecule has 0 radical (unpaired) electrons. The van der Waals surface area contributed by atoms with Gasteiger partial charge >= 0.3 is 0 Å². The fourth-order valence-corrected chi connectivity index (χ4v) is 4.54. The standard InChI is InChI=1S/C25H26ClN3/c1-4-19-7-8-23-22(17-19)21-11-15-28(6-3)16-12-24(21)29(23)18-25(26,5-2)20-9-13-27-14-10-20/h4-10,13-14,17H,1-3,11-12,15-16,18H2. The van der Waals surface area contributed by atoms with E-state index in [4.69, 9.17) is 11.6 Å². The molecule has 1 aliphatic heterocycles. The zero-order valence-corrected chi connectivity index (χ0v) is 17.4. The number of fused-ring (bicyclic) bond motifs is 3. The number of nitrogens with zero attached hydrogens (tertiary/aromatic N) is 3. The lowest BCUT2D eigenvalue weighted by molar-refractivity contribution is 0.393. The molecule has 0 bridgehead atoms. The highest BCUT2D eigenvalue weighted by atomic mass is 35.5. The van der Waals surface area contributed by atoms with Crippen LogP contribution < -0.4 is 0 Å². The number of benzene rings is 1. The van der Waals surface area contributed by atoms with E-state index < -0.39 is 4.87 Å². The van der Waals surface area contributed by atoms with Gasteiger partial charge in [-0.15, -0.1) is 18.2 Å². The molecule has 3 aromatic rings. The summed E-state index contributed by atoms with van der Waals surface area (Å²) >= 11 is 7.13. The minimum Gasteiger partial charge on any atom is -0.377 e. The van der Waals surface area contributed by atoms with Gasteiger partial charge in [-0.1, -0.05) is 31.4 Å². The van der Waals surface area contributed by atoms with Crippen LogP contribution in [0, 0.1) is 0 Å². The molecule has 1 aromatic carbocycles. The molecule has 4 heteroatoms. The summed E-state index contributed by atoms with van der Waals surface area (Å²) in [6, 6.07) is 10.5. The summed E-state index contributed by atoms with van der Waals surface area (Å²) in [5.74, 6) is 0. The van der Waals surface area contributed by atoms with Gasteiger partial charge in [-0.05, 0) is 53.6 Å². The highest BCUT2D eigenvalue weighted by molar-refractivity contribution is 6.25. The van der Waals surface area contributed by atoms with Crippen LogP contribution in [0.2, 0.25) is 0 Å². The minimum absolute atomic E-state index is 0.620. The molecule has 2 aromatic heterocycles. The van der Waals surface area contributed by atoms with Gasteiger partial charge in [0.15, 0.2) is 0 Å². The fourth-order valence-electron chi connectivity index (χ4n) is 4.30. The number of rotatable bonds is 6. The Bertz CT molecular complexity index is 1070. The molecule has 3 nitrogen and oxygen atoms in total. The zero-order valence-electron chi connectivity index (χ0n) is 16.6. The average Bonchev–Trinajstić information content (AvgIpc) is 2.91. The average molecular weight is 404 g/mol. The Morgan fingerprint density at radius 3 is 2.52 bits per heavy atom. The molecule has 1 aliphatic rings. The maximum atomic E-state index is 7.13. The Morgan fingerprint density at radius 2 is 1.83 bits per heavy atom. The maximum absolute atomic E-state index is 7.13. The van der Waals surface area contributed by atoms with E-state index in [1.807, 2.05) is 30.5 Å². The normalized spacial score (nSPS) is 16.0. The van der Waals surface area contributed by atoms with E-state index in [0.717, 1.165) is 37.1 Å². The third-order valence-corrected chi connectivity index (χ3v) is 6.45. The Labute approximate surface area is 177 Å². The molecular formula is C25H26ClN3. The number of alkyl halides is 1. The summed E-state index contributed by atoms with van der Waals surface area (Å²) in [5.41, 5.74) is 6.12. The second-order valence-electron chi connectivity index (χ2n) is 7.51. The van der Waals surface area contributed by atoms with E-state index in [2.05, 4.69) is 52.4 Å². The van der Waals surface area contributed by atoms with Gasteiger partial charge in [0.2, 0.25) is 0 Å². The third-order valence-electron chi connectivity index (χ3n) is 5.96. The Balaban J connectivity index is 1.87. The van der Waals surface area contributed by atoms with E-state index >= 15 is 0 Å². The molecule has 0 saturated heterocycles. The summed E-state index contributed by atoms with van der Waals surface area (Å²) < 4.78 is 2.39. The van der Waals surface area contributed by atoms with E-state index in [0.29, 0.717) is 6.54 Å². The molecule has 1 unspecified atom stereocenters. The lowest BCUT2D eigenvalue weighted by Gasteiger charge is -2.26. The van der Waals surface area contributed by atoms with Crippen molar-refractivity contribution in [3.63, 3.8) is 0 Å². The van der Waals surface area contributed by atoms with Crippen molar-refractivity contribution >= 4 is 28.6 Å². The molecule has 0 amide bonds. The number of aromatic nitrogens is 2. The van der Waals surface area contributed by atoms with Crippen LogP contribution in [0.1, 0.15) is 22.4 Å². The second-order valence-corrected chi connectivity index (χ2v) is 8.19. The van der Waals surface area contributed by atoms with E-state index in [1.165, 1.54) is 22.2 Å². The van der Waals surface area contributed by atoms with Crippen LogP contribution in [-0.2, 0) is 24.3 Å². The van der Waals surface area contributed by atoms with Crippen LogP contribution in [-0.4, -0.2) is 27.5 Å². The quantitative estimate of drug-likeness (QED) is 0.397. The van der Waals surface area contributed by atoms with Crippen LogP contribution in [0.25, 0.3) is 17.0 Å². The van der Waals surface area contributed by atoms with Crippen LogP contribution in [0.3, 0.4) is 0 Å². The van der Waals surface area contributed by atoms with Crippen molar-refractivity contribution in [2.24, 2.45) is 0 Å². The third kappa shape index (κ3) is 3.51. The summed E-state index contributed by atoms with van der Waals surface area (Å²) in [5, 5.41) is 1.29. The smallest absolute Gasteiger partial charge is 0.105 e. The number of pyridine rings is 1. The van der Waals surface area contributed by atoms with E-state index in [1.54, 1.807) is 12.4 Å². The Hall–Kier alpha value is -2.78. The maximum Gasteiger partial charge on any atom is 0.105 e. The van der Waals surface area contributed by atoms with Crippen molar-refractivity contribution in [1.82, 2.24) is 14.5 Å². The van der Waals surface area contributed by atoms with Gasteiger partial charge < -0.3 is 9.47 Å². The molecule has 0 fully saturated rings. The first-order valence-corrected chi connectivity index (χ1v) is 10.3. The number of hydrogen-bond donors (Lipinski definition) is 0. The number of halogens is 1. The van der Waals surface area contributed by atoms with Gasteiger partial charge in [0.05, 0.1) is 0 Å². The van der Waals surface area contributed by atoms with Crippen LogP contribution in [0.4, 0.5) is 0 Å². The van der Waals surface area contributed by atoms with Crippen LogP contribution in [0.15, 0.2) is 74.7 Å².